The fraction of sp³-hybridized carbons (Fsp3) is 0.200. The summed E-state index contributed by atoms with van der Waals surface area (Å²) in [4.78, 5) is 0. The zero-order chi connectivity index (χ0) is 13.8. The van der Waals surface area contributed by atoms with Crippen LogP contribution in [-0.2, 0) is 6.42 Å². The molecule has 0 aliphatic rings. The lowest BCUT2D eigenvalue weighted by molar-refractivity contribution is 0.603. The molecular weight excluding hydrogens is 263 g/mol. The number of benzene rings is 2. The number of nitrogens with one attached hydrogen (secondary N) is 1. The molecular formula is C15H16ClFN2. The van der Waals surface area contributed by atoms with E-state index in [0.717, 1.165) is 17.5 Å². The molecule has 0 aliphatic heterocycles. The van der Waals surface area contributed by atoms with Crippen LogP contribution in [-0.4, -0.2) is 0 Å². The van der Waals surface area contributed by atoms with E-state index in [9.17, 15) is 4.39 Å². The molecule has 0 amide bonds. The lowest BCUT2D eigenvalue weighted by Crippen LogP contribution is -2.30. The molecule has 0 fully saturated rings. The summed E-state index contributed by atoms with van der Waals surface area (Å²) in [5.74, 6) is 5.32. The van der Waals surface area contributed by atoms with Crippen LogP contribution < -0.4 is 11.3 Å². The van der Waals surface area contributed by atoms with Crippen molar-refractivity contribution in [3.63, 3.8) is 0 Å². The van der Waals surface area contributed by atoms with Crippen LogP contribution in [0.15, 0.2) is 42.5 Å². The van der Waals surface area contributed by atoms with Gasteiger partial charge in [-0.3, -0.25) is 5.84 Å². The molecule has 2 nitrogen and oxygen atoms in total. The number of hydrazine groups is 1. The second-order valence-electron chi connectivity index (χ2n) is 4.32. The number of hydrogen-bond donors (Lipinski definition) is 2. The highest BCUT2D eigenvalue weighted by Crippen LogP contribution is 2.30. The van der Waals surface area contributed by atoms with Gasteiger partial charge in [-0.1, -0.05) is 42.8 Å². The number of nitrogens with two attached hydrogens (primary N) is 1. The Morgan fingerprint density at radius 3 is 2.63 bits per heavy atom. The second kappa shape index (κ2) is 6.15. The van der Waals surface area contributed by atoms with Crippen LogP contribution in [0.2, 0.25) is 5.02 Å². The van der Waals surface area contributed by atoms with Crippen LogP contribution >= 0.6 is 11.6 Å². The van der Waals surface area contributed by atoms with Crippen LogP contribution in [0, 0.1) is 5.82 Å². The molecule has 0 aromatic heterocycles. The number of hydrogen-bond acceptors (Lipinski definition) is 2. The summed E-state index contributed by atoms with van der Waals surface area (Å²) in [6.45, 7) is 2.07. The predicted octanol–water partition coefficient (Wildman–Crippen LogP) is 3.59. The first-order chi connectivity index (χ1) is 9.17. The van der Waals surface area contributed by atoms with Gasteiger partial charge in [0, 0.05) is 5.02 Å². The van der Waals surface area contributed by atoms with Gasteiger partial charge in [0.2, 0.25) is 0 Å². The van der Waals surface area contributed by atoms with E-state index in [1.54, 1.807) is 6.07 Å². The van der Waals surface area contributed by atoms with E-state index in [2.05, 4.69) is 12.3 Å². The number of halogens is 2. The van der Waals surface area contributed by atoms with Crippen molar-refractivity contribution in [3.8, 4) is 0 Å². The van der Waals surface area contributed by atoms with Gasteiger partial charge in [0.15, 0.2) is 0 Å². The second-order valence-corrected chi connectivity index (χ2v) is 4.73. The Bertz CT molecular complexity index is 572. The summed E-state index contributed by atoms with van der Waals surface area (Å²) in [5.41, 5.74) is 5.54. The van der Waals surface area contributed by atoms with E-state index >= 15 is 0 Å². The minimum absolute atomic E-state index is 0.320. The maximum atomic E-state index is 13.4. The van der Waals surface area contributed by atoms with E-state index < -0.39 is 0 Å². The largest absolute Gasteiger partial charge is 0.271 e. The molecule has 19 heavy (non-hydrogen) atoms. The molecule has 100 valence electrons. The van der Waals surface area contributed by atoms with Crippen LogP contribution in [0.25, 0.3) is 0 Å². The number of aryl methyl sites for hydroxylation is 1. The normalized spacial score (nSPS) is 12.4. The van der Waals surface area contributed by atoms with Crippen molar-refractivity contribution in [2.75, 3.05) is 0 Å². The van der Waals surface area contributed by atoms with Gasteiger partial charge in [0.05, 0.1) is 6.04 Å². The molecule has 2 rings (SSSR count). The Morgan fingerprint density at radius 1 is 1.21 bits per heavy atom. The predicted molar refractivity (Wildman–Crippen MR) is 76.4 cm³/mol. The highest BCUT2D eigenvalue weighted by molar-refractivity contribution is 6.31. The summed E-state index contributed by atoms with van der Waals surface area (Å²) in [6, 6.07) is 11.9. The Labute approximate surface area is 117 Å². The van der Waals surface area contributed by atoms with Gasteiger partial charge in [-0.25, -0.2) is 9.82 Å². The molecule has 0 radical (unpaired) electrons. The van der Waals surface area contributed by atoms with Crippen molar-refractivity contribution < 1.29 is 4.39 Å². The smallest absolute Gasteiger partial charge is 0.123 e. The Balaban J connectivity index is 2.53. The first-order valence-corrected chi connectivity index (χ1v) is 6.54. The molecule has 0 saturated heterocycles. The van der Waals surface area contributed by atoms with Gasteiger partial charge in [0.25, 0.3) is 0 Å². The Hall–Kier alpha value is -1.42. The maximum Gasteiger partial charge on any atom is 0.123 e. The molecule has 2 aromatic carbocycles. The SMILES string of the molecule is CCc1ccccc1C(NN)c1cc(F)ccc1Cl. The topological polar surface area (TPSA) is 38.0 Å². The summed E-state index contributed by atoms with van der Waals surface area (Å²) >= 11 is 6.15. The molecule has 3 N–H and O–H groups in total. The molecule has 1 atom stereocenters. The van der Waals surface area contributed by atoms with Gasteiger partial charge >= 0.3 is 0 Å². The lowest BCUT2D eigenvalue weighted by atomic mass is 9.93. The summed E-state index contributed by atoms with van der Waals surface area (Å²) in [6.07, 6.45) is 0.876. The van der Waals surface area contributed by atoms with Gasteiger partial charge < -0.3 is 0 Å². The summed E-state index contributed by atoms with van der Waals surface area (Å²) < 4.78 is 13.4. The van der Waals surface area contributed by atoms with Crippen LogP contribution in [0.1, 0.15) is 29.7 Å². The van der Waals surface area contributed by atoms with Gasteiger partial charge in [-0.15, -0.1) is 0 Å². The van der Waals surface area contributed by atoms with Crippen molar-refractivity contribution in [2.45, 2.75) is 19.4 Å². The van der Waals surface area contributed by atoms with Crippen molar-refractivity contribution in [2.24, 2.45) is 5.84 Å². The van der Waals surface area contributed by atoms with Gasteiger partial charge in [-0.2, -0.15) is 0 Å². The number of rotatable bonds is 4. The quantitative estimate of drug-likeness (QED) is 0.662. The molecule has 1 unspecified atom stereocenters. The standard InChI is InChI=1S/C15H16ClFN2/c1-2-10-5-3-4-6-12(10)15(19-18)13-9-11(17)7-8-14(13)16/h3-9,15,19H,2,18H2,1H3. The van der Waals surface area contributed by atoms with E-state index in [1.165, 1.54) is 12.1 Å². The third-order valence-electron chi connectivity index (χ3n) is 3.18. The third-order valence-corrected chi connectivity index (χ3v) is 3.53. The van der Waals surface area contributed by atoms with Crippen LogP contribution in [0.3, 0.4) is 0 Å². The van der Waals surface area contributed by atoms with Crippen molar-refractivity contribution in [1.29, 1.82) is 0 Å². The fourth-order valence-electron chi connectivity index (χ4n) is 2.22. The average molecular weight is 279 g/mol. The molecule has 0 heterocycles. The molecule has 0 aliphatic carbocycles. The first-order valence-electron chi connectivity index (χ1n) is 6.16. The molecule has 4 heteroatoms. The zero-order valence-electron chi connectivity index (χ0n) is 10.7. The van der Waals surface area contributed by atoms with Gasteiger partial charge in [-0.05, 0) is 41.3 Å². The van der Waals surface area contributed by atoms with E-state index in [-0.39, 0.29) is 11.9 Å². The lowest BCUT2D eigenvalue weighted by Gasteiger charge is -2.21. The first kappa shape index (κ1) is 14.0. The van der Waals surface area contributed by atoms with E-state index in [0.29, 0.717) is 10.6 Å². The van der Waals surface area contributed by atoms with E-state index in [1.807, 2.05) is 24.3 Å². The molecule has 0 bridgehead atoms. The van der Waals surface area contributed by atoms with Crippen molar-refractivity contribution in [3.05, 3.63) is 70.0 Å². The Morgan fingerprint density at radius 2 is 1.95 bits per heavy atom. The molecule has 2 aromatic rings. The zero-order valence-corrected chi connectivity index (χ0v) is 11.4. The summed E-state index contributed by atoms with van der Waals surface area (Å²) in [5, 5.41) is 0.496. The highest BCUT2D eigenvalue weighted by atomic mass is 35.5. The average Bonchev–Trinajstić information content (AvgIpc) is 2.44. The Kier molecular flexibility index (Phi) is 4.53. The molecule has 0 saturated carbocycles. The van der Waals surface area contributed by atoms with Crippen LogP contribution in [0.5, 0.6) is 0 Å². The summed E-state index contributed by atoms with van der Waals surface area (Å²) in [7, 11) is 0. The van der Waals surface area contributed by atoms with Crippen molar-refractivity contribution >= 4 is 11.6 Å². The maximum absolute atomic E-state index is 13.4. The minimum Gasteiger partial charge on any atom is -0.271 e. The minimum atomic E-state index is -0.325. The monoisotopic (exact) mass is 278 g/mol. The van der Waals surface area contributed by atoms with E-state index in [4.69, 9.17) is 17.4 Å². The highest BCUT2D eigenvalue weighted by Gasteiger charge is 2.18. The van der Waals surface area contributed by atoms with Crippen LogP contribution in [0.4, 0.5) is 4.39 Å². The van der Waals surface area contributed by atoms with Crippen molar-refractivity contribution in [1.82, 2.24) is 5.43 Å². The molecule has 0 spiro atoms. The third kappa shape index (κ3) is 2.95. The fourth-order valence-corrected chi connectivity index (χ4v) is 2.45. The van der Waals surface area contributed by atoms with Gasteiger partial charge in [0.1, 0.15) is 5.82 Å².